The third-order valence-electron chi connectivity index (χ3n) is 3.41. The number of hydrogen-bond donors (Lipinski definition) is 1. The highest BCUT2D eigenvalue weighted by atomic mass is 35.5. The van der Waals surface area contributed by atoms with Gasteiger partial charge in [-0.15, -0.1) is 0 Å². The van der Waals surface area contributed by atoms with Gasteiger partial charge < -0.3 is 15.0 Å². The van der Waals surface area contributed by atoms with Crippen LogP contribution in [0.4, 0.5) is 0 Å². The summed E-state index contributed by atoms with van der Waals surface area (Å²) in [5.41, 5.74) is 1.00. The number of benzene rings is 1. The van der Waals surface area contributed by atoms with Gasteiger partial charge in [-0.25, -0.2) is 0 Å². The summed E-state index contributed by atoms with van der Waals surface area (Å²) in [6.07, 6.45) is -0.448. The highest BCUT2D eigenvalue weighted by molar-refractivity contribution is 6.31. The third kappa shape index (κ3) is 5.95. The monoisotopic (exact) mass is 326 g/mol. The molecule has 1 N–H and O–H groups in total. The molecule has 0 saturated heterocycles. The van der Waals surface area contributed by atoms with Crippen molar-refractivity contribution >= 4 is 17.5 Å². The fraction of sp³-hybridized carbons (Fsp3) is 0.588. The van der Waals surface area contributed by atoms with E-state index in [1.165, 1.54) is 0 Å². The quantitative estimate of drug-likeness (QED) is 0.798. The Balaban J connectivity index is 2.62. The topological polar surface area (TPSA) is 41.6 Å². The van der Waals surface area contributed by atoms with E-state index in [0.717, 1.165) is 5.56 Å². The van der Waals surface area contributed by atoms with Crippen molar-refractivity contribution < 1.29 is 9.53 Å². The molecule has 2 atom stereocenters. The number of nitrogens with zero attached hydrogens (tertiary/aromatic N) is 1. The standard InChI is InChI=1S/C17H27ClN2O2/c1-12(2)11-22-13(3)17(21)19-10-16(20(4)5)14-8-6-7-9-15(14)18/h6-9,12-13,16H,10-11H2,1-5H3,(H,19,21)/t13-,16+/m0/s1. The van der Waals surface area contributed by atoms with Crippen molar-refractivity contribution in [3.63, 3.8) is 0 Å². The molecular formula is C17H27ClN2O2. The van der Waals surface area contributed by atoms with Gasteiger partial charge in [-0.05, 0) is 38.6 Å². The van der Waals surface area contributed by atoms with Crippen LogP contribution in [-0.2, 0) is 9.53 Å². The Morgan fingerprint density at radius 3 is 2.45 bits per heavy atom. The smallest absolute Gasteiger partial charge is 0.248 e. The Morgan fingerprint density at radius 1 is 1.27 bits per heavy atom. The van der Waals surface area contributed by atoms with E-state index in [9.17, 15) is 4.79 Å². The summed E-state index contributed by atoms with van der Waals surface area (Å²) in [5, 5.41) is 3.66. The van der Waals surface area contributed by atoms with Gasteiger partial charge in [0.15, 0.2) is 0 Å². The second-order valence-electron chi connectivity index (χ2n) is 6.12. The Bertz CT molecular complexity index is 477. The summed E-state index contributed by atoms with van der Waals surface area (Å²) >= 11 is 6.26. The SMILES string of the molecule is CC(C)CO[C@@H](C)C(=O)NC[C@H](c1ccccc1Cl)N(C)C. The van der Waals surface area contributed by atoms with Crippen LogP contribution in [-0.4, -0.2) is 44.2 Å². The van der Waals surface area contributed by atoms with Crippen LogP contribution in [0.5, 0.6) is 0 Å². The molecule has 0 aliphatic heterocycles. The van der Waals surface area contributed by atoms with E-state index in [1.54, 1.807) is 6.92 Å². The number of carbonyl (C=O) groups excluding carboxylic acids is 1. The van der Waals surface area contributed by atoms with E-state index >= 15 is 0 Å². The van der Waals surface area contributed by atoms with Gasteiger partial charge >= 0.3 is 0 Å². The normalized spacial score (nSPS) is 14.2. The van der Waals surface area contributed by atoms with E-state index in [0.29, 0.717) is 24.1 Å². The van der Waals surface area contributed by atoms with E-state index in [-0.39, 0.29) is 11.9 Å². The number of nitrogens with one attached hydrogen (secondary N) is 1. The molecule has 1 aromatic rings. The zero-order valence-electron chi connectivity index (χ0n) is 14.1. The Morgan fingerprint density at radius 2 is 1.91 bits per heavy atom. The van der Waals surface area contributed by atoms with Gasteiger partial charge in [0.1, 0.15) is 6.10 Å². The molecule has 124 valence electrons. The summed E-state index contributed by atoms with van der Waals surface area (Å²) < 4.78 is 5.54. The van der Waals surface area contributed by atoms with E-state index in [2.05, 4.69) is 19.2 Å². The summed E-state index contributed by atoms with van der Waals surface area (Å²) in [6.45, 7) is 6.97. The number of hydrogen-bond acceptors (Lipinski definition) is 3. The molecule has 1 rings (SSSR count). The lowest BCUT2D eigenvalue weighted by atomic mass is 10.1. The first-order chi connectivity index (χ1) is 10.3. The van der Waals surface area contributed by atoms with Crippen LogP contribution in [0.2, 0.25) is 5.02 Å². The molecule has 1 aromatic carbocycles. The molecule has 1 amide bonds. The largest absolute Gasteiger partial charge is 0.368 e. The summed E-state index contributed by atoms with van der Waals surface area (Å²) in [7, 11) is 3.94. The molecule has 0 spiro atoms. The Hall–Kier alpha value is -1.10. The van der Waals surface area contributed by atoms with Gasteiger partial charge in [-0.1, -0.05) is 43.6 Å². The fourth-order valence-electron chi connectivity index (χ4n) is 2.07. The van der Waals surface area contributed by atoms with Crippen molar-refractivity contribution in [2.75, 3.05) is 27.2 Å². The minimum atomic E-state index is -0.448. The molecule has 0 aliphatic rings. The number of likely N-dealkylation sites (N-methyl/N-ethyl adjacent to an activating group) is 1. The maximum Gasteiger partial charge on any atom is 0.248 e. The van der Waals surface area contributed by atoms with Crippen molar-refractivity contribution in [2.45, 2.75) is 32.9 Å². The second-order valence-corrected chi connectivity index (χ2v) is 6.52. The predicted molar refractivity (Wildman–Crippen MR) is 91.1 cm³/mol. The van der Waals surface area contributed by atoms with Crippen molar-refractivity contribution in [3.8, 4) is 0 Å². The fourth-order valence-corrected chi connectivity index (χ4v) is 2.33. The van der Waals surface area contributed by atoms with Crippen LogP contribution < -0.4 is 5.32 Å². The average Bonchev–Trinajstić information content (AvgIpc) is 2.46. The summed E-state index contributed by atoms with van der Waals surface area (Å²) in [4.78, 5) is 14.2. The van der Waals surface area contributed by atoms with Crippen LogP contribution in [0.3, 0.4) is 0 Å². The number of ether oxygens (including phenoxy) is 1. The molecule has 0 unspecified atom stereocenters. The van der Waals surface area contributed by atoms with Gasteiger partial charge in [-0.3, -0.25) is 4.79 Å². The molecule has 4 nitrogen and oxygen atoms in total. The molecule has 0 aliphatic carbocycles. The number of rotatable bonds is 8. The lowest BCUT2D eigenvalue weighted by Crippen LogP contribution is -2.40. The van der Waals surface area contributed by atoms with Crippen LogP contribution in [0.25, 0.3) is 0 Å². The molecule has 0 saturated carbocycles. The average molecular weight is 327 g/mol. The Kier molecular flexibility index (Phi) is 7.87. The van der Waals surface area contributed by atoms with Gasteiger partial charge in [-0.2, -0.15) is 0 Å². The third-order valence-corrected chi connectivity index (χ3v) is 3.75. The van der Waals surface area contributed by atoms with Gasteiger partial charge in [0.2, 0.25) is 5.91 Å². The second kappa shape index (κ2) is 9.13. The van der Waals surface area contributed by atoms with Crippen LogP contribution in [0, 0.1) is 5.92 Å². The van der Waals surface area contributed by atoms with Gasteiger partial charge in [0.25, 0.3) is 0 Å². The molecule has 5 heteroatoms. The minimum Gasteiger partial charge on any atom is -0.368 e. The number of halogens is 1. The van der Waals surface area contributed by atoms with E-state index in [4.69, 9.17) is 16.3 Å². The van der Waals surface area contributed by atoms with Crippen molar-refractivity contribution in [1.82, 2.24) is 10.2 Å². The summed E-state index contributed by atoms with van der Waals surface area (Å²) in [6, 6.07) is 7.73. The molecule has 0 bridgehead atoms. The molecule has 0 aromatic heterocycles. The first kappa shape index (κ1) is 18.9. The maximum absolute atomic E-state index is 12.1. The first-order valence-corrected chi connectivity index (χ1v) is 8.00. The van der Waals surface area contributed by atoms with Gasteiger partial charge in [0, 0.05) is 18.2 Å². The van der Waals surface area contributed by atoms with Crippen LogP contribution in [0.15, 0.2) is 24.3 Å². The van der Waals surface area contributed by atoms with Crippen molar-refractivity contribution in [1.29, 1.82) is 0 Å². The first-order valence-electron chi connectivity index (χ1n) is 7.63. The molecule has 0 radical (unpaired) electrons. The summed E-state index contributed by atoms with van der Waals surface area (Å²) in [5.74, 6) is 0.312. The molecular weight excluding hydrogens is 300 g/mol. The predicted octanol–water partition coefficient (Wildman–Crippen LogP) is 3.12. The zero-order valence-corrected chi connectivity index (χ0v) is 14.9. The lowest BCUT2D eigenvalue weighted by Gasteiger charge is -2.26. The van der Waals surface area contributed by atoms with Crippen molar-refractivity contribution in [3.05, 3.63) is 34.9 Å². The Labute approximate surface area is 138 Å². The van der Waals surface area contributed by atoms with Crippen molar-refractivity contribution in [2.24, 2.45) is 5.92 Å². The highest BCUT2D eigenvalue weighted by Gasteiger charge is 2.20. The van der Waals surface area contributed by atoms with Crippen LogP contribution >= 0.6 is 11.6 Å². The minimum absolute atomic E-state index is 0.0231. The highest BCUT2D eigenvalue weighted by Crippen LogP contribution is 2.25. The van der Waals surface area contributed by atoms with Crippen LogP contribution in [0.1, 0.15) is 32.4 Å². The van der Waals surface area contributed by atoms with E-state index in [1.807, 2.05) is 43.3 Å². The zero-order chi connectivity index (χ0) is 16.7. The number of amides is 1. The molecule has 0 fully saturated rings. The molecule has 22 heavy (non-hydrogen) atoms. The molecule has 0 heterocycles. The van der Waals surface area contributed by atoms with Gasteiger partial charge in [0.05, 0.1) is 6.04 Å². The lowest BCUT2D eigenvalue weighted by molar-refractivity contribution is -0.132. The maximum atomic E-state index is 12.1. The van der Waals surface area contributed by atoms with E-state index < -0.39 is 6.10 Å². The number of carbonyl (C=O) groups is 1.